The van der Waals surface area contributed by atoms with Crippen molar-refractivity contribution in [2.24, 2.45) is 0 Å². The van der Waals surface area contributed by atoms with E-state index in [0.717, 1.165) is 38.4 Å². The SMILES string of the molecule is CCN1CCN(c2ccc(S(=O)(=O)N3CCOCC3)cc2NC(=O)Nc2ccccc2)CC1. The highest BCUT2D eigenvalue weighted by Crippen LogP contribution is 2.31. The summed E-state index contributed by atoms with van der Waals surface area (Å²) in [6.07, 6.45) is 0. The van der Waals surface area contributed by atoms with E-state index in [2.05, 4.69) is 27.4 Å². The molecule has 2 aliphatic heterocycles. The first-order valence-corrected chi connectivity index (χ1v) is 12.7. The standard InChI is InChI=1S/C23H31N5O4S/c1-2-26-10-12-27(13-11-26)22-9-8-20(33(30,31)28-14-16-32-17-15-28)18-21(22)25-23(29)24-19-6-4-3-5-7-19/h3-9,18H,2,10-17H2,1H3,(H2,24,25,29). The van der Waals surface area contributed by atoms with E-state index in [1.807, 2.05) is 18.2 Å². The van der Waals surface area contributed by atoms with Gasteiger partial charge in [-0.05, 0) is 36.9 Å². The number of morpholine rings is 1. The highest BCUT2D eigenvalue weighted by atomic mass is 32.2. The smallest absolute Gasteiger partial charge is 0.323 e. The number of benzene rings is 2. The van der Waals surface area contributed by atoms with Crippen LogP contribution in [0, 0.1) is 0 Å². The monoisotopic (exact) mass is 473 g/mol. The van der Waals surface area contributed by atoms with Crippen LogP contribution in [0.25, 0.3) is 0 Å². The number of sulfonamides is 1. The first-order valence-electron chi connectivity index (χ1n) is 11.3. The van der Waals surface area contributed by atoms with Gasteiger partial charge in [-0.2, -0.15) is 4.31 Å². The number of piperazine rings is 1. The van der Waals surface area contributed by atoms with Gasteiger partial charge in [-0.1, -0.05) is 25.1 Å². The van der Waals surface area contributed by atoms with Gasteiger partial charge in [0.15, 0.2) is 0 Å². The minimum Gasteiger partial charge on any atom is -0.379 e. The van der Waals surface area contributed by atoms with Crippen molar-refractivity contribution < 1.29 is 17.9 Å². The summed E-state index contributed by atoms with van der Waals surface area (Å²) in [5.74, 6) is 0. The number of hydrogen-bond acceptors (Lipinski definition) is 6. The third-order valence-corrected chi connectivity index (χ3v) is 7.91. The zero-order chi connectivity index (χ0) is 23.3. The van der Waals surface area contributed by atoms with Crippen LogP contribution in [-0.4, -0.2) is 82.7 Å². The fraction of sp³-hybridized carbons (Fsp3) is 0.435. The zero-order valence-electron chi connectivity index (χ0n) is 18.9. The summed E-state index contributed by atoms with van der Waals surface area (Å²) < 4.78 is 33.1. The van der Waals surface area contributed by atoms with Crippen LogP contribution in [0.4, 0.5) is 21.9 Å². The van der Waals surface area contributed by atoms with Crippen LogP contribution in [0.5, 0.6) is 0 Å². The van der Waals surface area contributed by atoms with E-state index in [1.54, 1.807) is 30.3 Å². The van der Waals surface area contributed by atoms with Crippen molar-refractivity contribution >= 4 is 33.1 Å². The Labute approximate surface area is 195 Å². The second kappa shape index (κ2) is 10.5. The van der Waals surface area contributed by atoms with E-state index in [-0.39, 0.29) is 4.90 Å². The van der Waals surface area contributed by atoms with Crippen molar-refractivity contribution in [2.45, 2.75) is 11.8 Å². The predicted molar refractivity (Wildman–Crippen MR) is 129 cm³/mol. The normalized spacial score (nSPS) is 18.2. The molecule has 2 heterocycles. The number of anilines is 3. The number of para-hydroxylation sites is 1. The minimum atomic E-state index is -3.68. The Morgan fingerprint density at radius 1 is 0.939 bits per heavy atom. The van der Waals surface area contributed by atoms with Crippen molar-refractivity contribution in [3.05, 3.63) is 48.5 Å². The summed E-state index contributed by atoms with van der Waals surface area (Å²) in [4.78, 5) is 17.5. The number of carbonyl (C=O) groups excluding carboxylic acids is 1. The molecule has 0 saturated carbocycles. The second-order valence-electron chi connectivity index (χ2n) is 8.06. The Balaban J connectivity index is 1.61. The van der Waals surface area contributed by atoms with Crippen molar-refractivity contribution in [3.63, 3.8) is 0 Å². The van der Waals surface area contributed by atoms with E-state index in [1.165, 1.54) is 4.31 Å². The summed E-state index contributed by atoms with van der Waals surface area (Å²) >= 11 is 0. The summed E-state index contributed by atoms with van der Waals surface area (Å²) in [7, 11) is -3.68. The summed E-state index contributed by atoms with van der Waals surface area (Å²) in [5, 5.41) is 5.69. The largest absolute Gasteiger partial charge is 0.379 e. The molecule has 0 unspecified atom stereocenters. The Kier molecular flexibility index (Phi) is 7.49. The van der Waals surface area contributed by atoms with Gasteiger partial charge in [-0.3, -0.25) is 0 Å². The number of rotatable bonds is 6. The molecule has 2 amide bonds. The van der Waals surface area contributed by atoms with Crippen LogP contribution in [0.1, 0.15) is 6.92 Å². The van der Waals surface area contributed by atoms with Gasteiger partial charge in [0.05, 0.1) is 29.5 Å². The molecule has 10 heteroatoms. The lowest BCUT2D eigenvalue weighted by Crippen LogP contribution is -2.46. The lowest BCUT2D eigenvalue weighted by molar-refractivity contribution is 0.0730. The number of amides is 2. The molecule has 0 aliphatic carbocycles. The molecule has 2 N–H and O–H groups in total. The average Bonchev–Trinajstić information content (AvgIpc) is 2.85. The minimum absolute atomic E-state index is 0.162. The highest BCUT2D eigenvalue weighted by Gasteiger charge is 2.28. The Hall–Kier alpha value is -2.66. The number of hydrogen-bond donors (Lipinski definition) is 2. The third-order valence-electron chi connectivity index (χ3n) is 6.02. The van der Waals surface area contributed by atoms with E-state index < -0.39 is 16.1 Å². The fourth-order valence-corrected chi connectivity index (χ4v) is 5.53. The molecule has 0 radical (unpaired) electrons. The van der Waals surface area contributed by atoms with Gasteiger partial charge in [0.2, 0.25) is 10.0 Å². The molecule has 2 fully saturated rings. The molecule has 2 aromatic rings. The number of carbonyl (C=O) groups is 1. The number of ether oxygens (including phenoxy) is 1. The maximum Gasteiger partial charge on any atom is 0.323 e. The molecule has 2 aromatic carbocycles. The van der Waals surface area contributed by atoms with Crippen molar-refractivity contribution in [1.82, 2.24) is 9.21 Å². The van der Waals surface area contributed by atoms with Gasteiger partial charge >= 0.3 is 6.03 Å². The first kappa shape index (κ1) is 23.5. The molecule has 33 heavy (non-hydrogen) atoms. The van der Waals surface area contributed by atoms with Gasteiger partial charge in [-0.15, -0.1) is 0 Å². The van der Waals surface area contributed by atoms with Crippen LogP contribution in [0.3, 0.4) is 0 Å². The molecule has 178 valence electrons. The van der Waals surface area contributed by atoms with E-state index >= 15 is 0 Å². The molecule has 4 rings (SSSR count). The van der Waals surface area contributed by atoms with Crippen molar-refractivity contribution in [1.29, 1.82) is 0 Å². The molecule has 9 nitrogen and oxygen atoms in total. The Morgan fingerprint density at radius 2 is 1.64 bits per heavy atom. The zero-order valence-corrected chi connectivity index (χ0v) is 19.7. The molecule has 2 aliphatic rings. The van der Waals surface area contributed by atoms with E-state index in [4.69, 9.17) is 4.74 Å². The number of urea groups is 1. The molecule has 0 aromatic heterocycles. The summed E-state index contributed by atoms with van der Waals surface area (Å²) in [6.45, 7) is 7.97. The van der Waals surface area contributed by atoms with Crippen molar-refractivity contribution in [3.8, 4) is 0 Å². The van der Waals surface area contributed by atoms with Gasteiger partial charge < -0.3 is 25.2 Å². The van der Waals surface area contributed by atoms with Crippen LogP contribution in [-0.2, 0) is 14.8 Å². The number of likely N-dealkylation sites (N-methyl/N-ethyl adjacent to an activating group) is 1. The van der Waals surface area contributed by atoms with E-state index in [0.29, 0.717) is 37.7 Å². The van der Waals surface area contributed by atoms with Gasteiger partial charge in [0, 0.05) is 45.0 Å². The maximum absolute atomic E-state index is 13.2. The van der Waals surface area contributed by atoms with Crippen LogP contribution in [0.15, 0.2) is 53.4 Å². The van der Waals surface area contributed by atoms with Crippen LogP contribution >= 0.6 is 0 Å². The Bertz CT molecular complexity index is 1050. The number of nitrogens with zero attached hydrogens (tertiary/aromatic N) is 3. The quantitative estimate of drug-likeness (QED) is 0.670. The van der Waals surface area contributed by atoms with E-state index in [9.17, 15) is 13.2 Å². The molecule has 0 bridgehead atoms. The second-order valence-corrected chi connectivity index (χ2v) is 10.00. The highest BCUT2D eigenvalue weighted by molar-refractivity contribution is 7.89. The molecular weight excluding hydrogens is 442 g/mol. The molecule has 0 atom stereocenters. The average molecular weight is 474 g/mol. The van der Waals surface area contributed by atoms with Crippen molar-refractivity contribution in [2.75, 3.05) is 74.6 Å². The lowest BCUT2D eigenvalue weighted by atomic mass is 10.2. The maximum atomic E-state index is 13.2. The lowest BCUT2D eigenvalue weighted by Gasteiger charge is -2.36. The fourth-order valence-electron chi connectivity index (χ4n) is 4.10. The molecular formula is C23H31N5O4S. The molecule has 2 saturated heterocycles. The topological polar surface area (TPSA) is 94.2 Å². The predicted octanol–water partition coefficient (Wildman–Crippen LogP) is 2.49. The summed E-state index contributed by atoms with van der Waals surface area (Å²) in [5.41, 5.74) is 1.95. The first-order chi connectivity index (χ1) is 16.0. The summed E-state index contributed by atoms with van der Waals surface area (Å²) in [6, 6.07) is 13.7. The van der Waals surface area contributed by atoms with Gasteiger partial charge in [0.1, 0.15) is 0 Å². The number of nitrogens with one attached hydrogen (secondary N) is 2. The van der Waals surface area contributed by atoms with Gasteiger partial charge in [0.25, 0.3) is 0 Å². The van der Waals surface area contributed by atoms with Crippen LogP contribution < -0.4 is 15.5 Å². The Morgan fingerprint density at radius 3 is 2.30 bits per heavy atom. The molecule has 0 spiro atoms. The third kappa shape index (κ3) is 5.64. The van der Waals surface area contributed by atoms with Crippen LogP contribution in [0.2, 0.25) is 0 Å². The van der Waals surface area contributed by atoms with Gasteiger partial charge in [-0.25, -0.2) is 13.2 Å².